The minimum absolute atomic E-state index is 0.226. The van der Waals surface area contributed by atoms with Crippen LogP contribution in [-0.4, -0.2) is 43.4 Å². The second-order valence-electron chi connectivity index (χ2n) is 8.35. The Morgan fingerprint density at radius 2 is 1.85 bits per heavy atom. The average Bonchev–Trinajstić information content (AvgIpc) is 2.82. The van der Waals surface area contributed by atoms with Gasteiger partial charge in [-0.05, 0) is 67.6 Å². The first-order chi connectivity index (χ1) is 16.0. The molecule has 0 amide bonds. The third-order valence-electron chi connectivity index (χ3n) is 6.16. The van der Waals surface area contributed by atoms with Crippen molar-refractivity contribution in [2.75, 3.05) is 26.5 Å². The normalized spacial score (nSPS) is 16.1. The van der Waals surface area contributed by atoms with Crippen LogP contribution in [0.3, 0.4) is 0 Å². The first-order valence-electron chi connectivity index (χ1n) is 11.5. The maximum Gasteiger partial charge on any atom is 0.311 e. The van der Waals surface area contributed by atoms with Crippen LogP contribution in [0, 0.1) is 0 Å². The lowest BCUT2D eigenvalue weighted by atomic mass is 9.77. The van der Waals surface area contributed by atoms with Gasteiger partial charge in [-0.15, -0.1) is 11.6 Å². The molecule has 7 heteroatoms. The third kappa shape index (κ3) is 5.40. The van der Waals surface area contributed by atoms with E-state index >= 15 is 0 Å². The molecule has 1 heterocycles. The summed E-state index contributed by atoms with van der Waals surface area (Å²) < 4.78 is 11.5. The quantitative estimate of drug-likeness (QED) is 0.359. The molecule has 2 aromatic rings. The first kappa shape index (κ1) is 25.2. The number of ether oxygens (including phenoxy) is 2. The maximum atomic E-state index is 12.5. The zero-order valence-corrected chi connectivity index (χ0v) is 20.4. The van der Waals surface area contributed by atoms with Crippen molar-refractivity contribution in [2.24, 2.45) is 5.73 Å². The molecule has 0 saturated carbocycles. The van der Waals surface area contributed by atoms with E-state index in [1.54, 1.807) is 6.07 Å². The average molecular weight is 473 g/mol. The molecule has 0 aromatic heterocycles. The number of alkyl halides is 1. The fourth-order valence-corrected chi connectivity index (χ4v) is 4.62. The van der Waals surface area contributed by atoms with Gasteiger partial charge in [0.1, 0.15) is 0 Å². The van der Waals surface area contributed by atoms with Gasteiger partial charge in [0.25, 0.3) is 0 Å². The van der Waals surface area contributed by atoms with E-state index in [1.165, 1.54) is 17.5 Å². The van der Waals surface area contributed by atoms with Crippen molar-refractivity contribution >= 4 is 23.5 Å². The van der Waals surface area contributed by atoms with E-state index < -0.39 is 0 Å². The number of benzene rings is 2. The molecule has 1 atom stereocenters. The molecule has 6 nitrogen and oxygen atoms in total. The maximum absolute atomic E-state index is 12.5. The highest BCUT2D eigenvalue weighted by Gasteiger charge is 2.35. The van der Waals surface area contributed by atoms with Crippen LogP contribution in [0.4, 0.5) is 0 Å². The van der Waals surface area contributed by atoms with Crippen molar-refractivity contribution in [3.63, 3.8) is 0 Å². The highest BCUT2D eigenvalue weighted by atomic mass is 35.5. The van der Waals surface area contributed by atoms with E-state index in [0.717, 1.165) is 36.1 Å². The summed E-state index contributed by atoms with van der Waals surface area (Å²) in [5, 5.41) is 0. The zero-order valence-electron chi connectivity index (χ0n) is 19.7. The van der Waals surface area contributed by atoms with E-state index in [0.29, 0.717) is 43.3 Å². The second-order valence-corrected chi connectivity index (χ2v) is 8.35. The van der Waals surface area contributed by atoms with Crippen LogP contribution in [0.1, 0.15) is 55.3 Å². The minimum Gasteiger partial charge on any atom is -0.422 e. The number of nitrogens with two attached hydrogens (primary N) is 1. The molecular formula is C26H33ClN2O4. The van der Waals surface area contributed by atoms with Crippen LogP contribution in [0.15, 0.2) is 30.3 Å². The summed E-state index contributed by atoms with van der Waals surface area (Å²) in [5.74, 6) is -0.0385. The lowest BCUT2D eigenvalue weighted by molar-refractivity contribution is -0.137. The standard InChI is InChI=1S/C25H30N2O4.CH3Cl/c1-3-6-21(28)31-25-20(30-22(29)9-5-13-26)11-10-17-15-19-23-16(12-14-27(19)2)7-4-8-18(23)24(17)25;1-2/h4,7-8,10-11,19H,3,5-6,9,12-15,26H2,1-2H3;1H3. The molecule has 2 aliphatic rings. The number of fused-ring (bicyclic) bond motifs is 2. The Morgan fingerprint density at radius 1 is 1.09 bits per heavy atom. The number of esters is 2. The Morgan fingerprint density at radius 3 is 2.58 bits per heavy atom. The molecule has 0 saturated heterocycles. The number of rotatable bonds is 7. The predicted octanol–water partition coefficient (Wildman–Crippen LogP) is 4.64. The first-order valence-corrected chi connectivity index (χ1v) is 12.3. The lowest BCUT2D eigenvalue weighted by Crippen LogP contribution is -2.35. The summed E-state index contributed by atoms with van der Waals surface area (Å²) >= 11 is 4.64. The Hall–Kier alpha value is -2.41. The third-order valence-corrected chi connectivity index (χ3v) is 6.16. The molecule has 1 unspecified atom stereocenters. The smallest absolute Gasteiger partial charge is 0.311 e. The molecule has 0 fully saturated rings. The largest absolute Gasteiger partial charge is 0.422 e. The van der Waals surface area contributed by atoms with Crippen LogP contribution in [-0.2, 0) is 22.4 Å². The fraction of sp³-hybridized carbons (Fsp3) is 0.462. The summed E-state index contributed by atoms with van der Waals surface area (Å²) in [6.45, 7) is 3.37. The Bertz CT molecular complexity index is 1010. The summed E-state index contributed by atoms with van der Waals surface area (Å²) in [5.41, 5.74) is 11.2. The number of hydrogen-bond donors (Lipinski definition) is 1. The summed E-state index contributed by atoms with van der Waals surface area (Å²) in [7, 11) is 2.16. The minimum atomic E-state index is -0.373. The highest BCUT2D eigenvalue weighted by Crippen LogP contribution is 2.50. The Kier molecular flexibility index (Phi) is 8.89. The molecule has 1 aliphatic carbocycles. The van der Waals surface area contributed by atoms with Crippen LogP contribution < -0.4 is 15.2 Å². The molecule has 2 N–H and O–H groups in total. The SMILES string of the molecule is CCCC(=O)Oc1c(OC(=O)CCCN)ccc2c1-c1cccc3c1C(C2)N(C)CC3.CCl. The lowest BCUT2D eigenvalue weighted by Gasteiger charge is -2.40. The topological polar surface area (TPSA) is 81.9 Å². The van der Waals surface area contributed by atoms with Gasteiger partial charge in [-0.2, -0.15) is 0 Å². The van der Waals surface area contributed by atoms with Crippen LogP contribution in [0.25, 0.3) is 11.1 Å². The number of nitrogens with zero attached hydrogens (tertiary/aromatic N) is 1. The van der Waals surface area contributed by atoms with Crippen molar-refractivity contribution in [3.8, 4) is 22.6 Å². The zero-order chi connectivity index (χ0) is 24.0. The van der Waals surface area contributed by atoms with Gasteiger partial charge < -0.3 is 15.2 Å². The van der Waals surface area contributed by atoms with E-state index in [-0.39, 0.29) is 18.4 Å². The van der Waals surface area contributed by atoms with Crippen LogP contribution >= 0.6 is 11.6 Å². The van der Waals surface area contributed by atoms with Gasteiger partial charge >= 0.3 is 11.9 Å². The predicted molar refractivity (Wildman–Crippen MR) is 131 cm³/mol. The Labute approximate surface area is 201 Å². The van der Waals surface area contributed by atoms with Crippen LogP contribution in [0.5, 0.6) is 11.5 Å². The van der Waals surface area contributed by atoms with E-state index in [2.05, 4.69) is 41.7 Å². The summed E-state index contributed by atoms with van der Waals surface area (Å²) in [6.07, 6.45) is 5.06. The van der Waals surface area contributed by atoms with Crippen molar-refractivity contribution < 1.29 is 19.1 Å². The van der Waals surface area contributed by atoms with Crippen molar-refractivity contribution in [1.82, 2.24) is 4.90 Å². The van der Waals surface area contributed by atoms with Gasteiger partial charge in [0.15, 0.2) is 11.5 Å². The van der Waals surface area contributed by atoms with Gasteiger partial charge in [0.2, 0.25) is 0 Å². The number of carbonyl (C=O) groups excluding carboxylic acids is 2. The molecule has 0 radical (unpaired) electrons. The van der Waals surface area contributed by atoms with E-state index in [4.69, 9.17) is 15.2 Å². The van der Waals surface area contributed by atoms with Crippen molar-refractivity contribution in [3.05, 3.63) is 47.0 Å². The van der Waals surface area contributed by atoms with Gasteiger partial charge in [-0.3, -0.25) is 14.5 Å². The molecule has 33 heavy (non-hydrogen) atoms. The monoisotopic (exact) mass is 472 g/mol. The van der Waals surface area contributed by atoms with Gasteiger partial charge in [0, 0.05) is 37.4 Å². The van der Waals surface area contributed by atoms with Crippen molar-refractivity contribution in [2.45, 2.75) is 51.5 Å². The molecule has 4 rings (SSSR count). The molecule has 0 bridgehead atoms. The second kappa shape index (κ2) is 11.6. The number of likely N-dealkylation sites (N-methyl/N-ethyl adjacent to an activating group) is 1. The molecule has 1 aliphatic heterocycles. The number of halogens is 1. The van der Waals surface area contributed by atoms with Crippen molar-refractivity contribution in [1.29, 1.82) is 0 Å². The molecule has 0 spiro atoms. The number of hydrogen-bond acceptors (Lipinski definition) is 6. The Balaban J connectivity index is 0.00000149. The van der Waals surface area contributed by atoms with Gasteiger partial charge in [0.05, 0.1) is 0 Å². The summed E-state index contributed by atoms with van der Waals surface area (Å²) in [4.78, 5) is 27.2. The molecule has 2 aromatic carbocycles. The number of carbonyl (C=O) groups is 2. The van der Waals surface area contributed by atoms with Crippen LogP contribution in [0.2, 0.25) is 0 Å². The fourth-order valence-electron chi connectivity index (χ4n) is 4.62. The van der Waals surface area contributed by atoms with Gasteiger partial charge in [-0.1, -0.05) is 31.2 Å². The molecular weight excluding hydrogens is 440 g/mol. The molecule has 178 valence electrons. The van der Waals surface area contributed by atoms with E-state index in [1.807, 2.05) is 13.0 Å². The highest BCUT2D eigenvalue weighted by molar-refractivity contribution is 6.15. The summed E-state index contributed by atoms with van der Waals surface area (Å²) in [6, 6.07) is 10.4. The van der Waals surface area contributed by atoms with E-state index in [9.17, 15) is 9.59 Å². The van der Waals surface area contributed by atoms with Gasteiger partial charge in [-0.25, -0.2) is 0 Å².